The van der Waals surface area contributed by atoms with Gasteiger partial charge in [-0.05, 0) is 30.7 Å². The van der Waals surface area contributed by atoms with Gasteiger partial charge >= 0.3 is 0 Å². The van der Waals surface area contributed by atoms with Gasteiger partial charge in [-0.1, -0.05) is 30.4 Å². The van der Waals surface area contributed by atoms with Crippen LogP contribution in [-0.2, 0) is 6.42 Å². The summed E-state index contributed by atoms with van der Waals surface area (Å²) in [6, 6.07) is 8.44. The van der Waals surface area contributed by atoms with Crippen molar-refractivity contribution < 1.29 is 0 Å². The second-order valence-electron chi connectivity index (χ2n) is 3.97. The molecule has 2 nitrogen and oxygen atoms in total. The van der Waals surface area contributed by atoms with E-state index < -0.39 is 0 Å². The fourth-order valence-electron chi connectivity index (χ4n) is 1.91. The second kappa shape index (κ2) is 6.07. The van der Waals surface area contributed by atoms with Crippen LogP contribution in [0.2, 0.25) is 0 Å². The van der Waals surface area contributed by atoms with Gasteiger partial charge in [0, 0.05) is 23.6 Å². The Labute approximate surface area is 111 Å². The topological polar surface area (TPSA) is 27.8 Å². The zero-order valence-electron chi connectivity index (χ0n) is 9.92. The molecule has 0 unspecified atom stereocenters. The zero-order chi connectivity index (χ0) is 12.1. The molecule has 4 heteroatoms. The summed E-state index contributed by atoms with van der Waals surface area (Å²) < 4.78 is 0.990. The minimum Gasteiger partial charge on any atom is -0.373 e. The Kier molecular flexibility index (Phi) is 4.45. The second-order valence-corrected chi connectivity index (χ2v) is 5.74. The molecule has 2 aromatic rings. The lowest BCUT2D eigenvalue weighted by atomic mass is 10.1. The van der Waals surface area contributed by atoms with Crippen molar-refractivity contribution in [2.45, 2.75) is 12.8 Å². The van der Waals surface area contributed by atoms with Crippen molar-refractivity contribution in [3.63, 3.8) is 0 Å². The molecular weight excluding hydrogens is 248 g/mol. The molecule has 0 atom stereocenters. The van der Waals surface area contributed by atoms with E-state index in [-0.39, 0.29) is 0 Å². The standard InChI is InChI=1S/C13H18N2S2/c1-17-13(16)14-8-4-5-10-9-15-12-7-3-2-6-11(10)12/h2-3,6-7,9,15H,4-5,8,17H2,1H3,(H,14,16). The van der Waals surface area contributed by atoms with Crippen molar-refractivity contribution in [1.29, 1.82) is 0 Å². The molecule has 92 valence electrons. The number of hydrogen-bond acceptors (Lipinski definition) is 1. The summed E-state index contributed by atoms with van der Waals surface area (Å²) in [5.41, 5.74) is 2.62. The molecule has 0 aliphatic carbocycles. The van der Waals surface area contributed by atoms with Crippen molar-refractivity contribution in [3.05, 3.63) is 36.0 Å². The van der Waals surface area contributed by atoms with Crippen LogP contribution in [0.1, 0.15) is 12.0 Å². The number of rotatable bonds is 4. The van der Waals surface area contributed by atoms with Gasteiger partial charge < -0.3 is 10.3 Å². The first kappa shape index (κ1) is 12.5. The van der Waals surface area contributed by atoms with Crippen LogP contribution < -0.4 is 5.32 Å². The molecule has 0 saturated heterocycles. The number of H-pyrrole nitrogens is 1. The van der Waals surface area contributed by atoms with E-state index in [1.54, 1.807) is 0 Å². The van der Waals surface area contributed by atoms with Gasteiger partial charge in [0.2, 0.25) is 0 Å². The number of benzene rings is 1. The Morgan fingerprint density at radius 2 is 2.24 bits per heavy atom. The first-order chi connectivity index (χ1) is 8.31. The highest BCUT2D eigenvalue weighted by Gasteiger charge is 2.02. The molecule has 2 rings (SSSR count). The highest BCUT2D eigenvalue weighted by molar-refractivity contribution is 8.22. The SMILES string of the molecule is C[SH2]C(=S)NCCCc1c[nH]c2ccccc12. The summed E-state index contributed by atoms with van der Waals surface area (Å²) in [6.07, 6.45) is 6.43. The van der Waals surface area contributed by atoms with E-state index >= 15 is 0 Å². The van der Waals surface area contributed by atoms with Crippen molar-refractivity contribution in [1.82, 2.24) is 10.3 Å². The van der Waals surface area contributed by atoms with Crippen molar-refractivity contribution in [2.24, 2.45) is 0 Å². The normalized spacial score (nSPS) is 11.8. The lowest BCUT2D eigenvalue weighted by Gasteiger charge is -2.05. The predicted molar refractivity (Wildman–Crippen MR) is 83.5 cm³/mol. The molecule has 0 aliphatic heterocycles. The van der Waals surface area contributed by atoms with Crippen LogP contribution in [-0.4, -0.2) is 22.1 Å². The summed E-state index contributed by atoms with van der Waals surface area (Å²) in [5.74, 6) is 0. The predicted octanol–water partition coefficient (Wildman–Crippen LogP) is 2.80. The number of thiocarbonyl (C=S) groups is 1. The summed E-state index contributed by atoms with van der Waals surface area (Å²) in [5, 5.41) is 4.62. The number of aromatic nitrogens is 1. The minimum atomic E-state index is 0.714. The molecule has 0 spiro atoms. The Hall–Kier alpha value is -1.00. The van der Waals surface area contributed by atoms with Crippen LogP contribution >= 0.6 is 24.0 Å². The first-order valence-electron chi connectivity index (χ1n) is 5.82. The molecule has 0 amide bonds. The maximum atomic E-state index is 5.14. The quantitative estimate of drug-likeness (QED) is 0.658. The van der Waals surface area contributed by atoms with E-state index in [1.807, 2.05) is 0 Å². The highest BCUT2D eigenvalue weighted by atomic mass is 32.2. The Morgan fingerprint density at radius 1 is 1.41 bits per heavy atom. The molecule has 1 aromatic carbocycles. The van der Waals surface area contributed by atoms with Crippen molar-refractivity contribution in [3.8, 4) is 0 Å². The van der Waals surface area contributed by atoms with Crippen LogP contribution in [0.15, 0.2) is 30.5 Å². The summed E-state index contributed by atoms with van der Waals surface area (Å²) in [6.45, 7) is 0.971. The average molecular weight is 266 g/mol. The fourth-order valence-corrected chi connectivity index (χ4v) is 2.31. The van der Waals surface area contributed by atoms with Gasteiger partial charge in [-0.2, -0.15) is 0 Å². The van der Waals surface area contributed by atoms with E-state index in [4.69, 9.17) is 12.2 Å². The molecule has 0 saturated carbocycles. The van der Waals surface area contributed by atoms with E-state index in [9.17, 15) is 0 Å². The van der Waals surface area contributed by atoms with Crippen LogP contribution in [0.25, 0.3) is 10.9 Å². The third-order valence-corrected chi connectivity index (χ3v) is 4.20. The van der Waals surface area contributed by atoms with Crippen LogP contribution in [0.3, 0.4) is 0 Å². The van der Waals surface area contributed by atoms with Crippen molar-refractivity contribution >= 4 is 39.2 Å². The largest absolute Gasteiger partial charge is 0.373 e. The van der Waals surface area contributed by atoms with Gasteiger partial charge in [0.15, 0.2) is 0 Å². The summed E-state index contributed by atoms with van der Waals surface area (Å²) >= 11 is 5.85. The monoisotopic (exact) mass is 266 g/mol. The number of aryl methyl sites for hydroxylation is 1. The third kappa shape index (κ3) is 3.23. The molecule has 0 fully saturated rings. The Bertz CT molecular complexity index is 505. The van der Waals surface area contributed by atoms with Gasteiger partial charge in [-0.25, -0.2) is 11.8 Å². The zero-order valence-corrected chi connectivity index (χ0v) is 11.7. The number of aromatic amines is 1. The number of nitrogens with one attached hydrogen (secondary N) is 2. The van der Waals surface area contributed by atoms with Gasteiger partial charge in [-0.15, -0.1) is 0 Å². The molecule has 0 radical (unpaired) electrons. The summed E-state index contributed by atoms with van der Waals surface area (Å²) in [7, 11) is 0. The fraction of sp³-hybridized carbons (Fsp3) is 0.308. The molecule has 17 heavy (non-hydrogen) atoms. The number of fused-ring (bicyclic) bond motifs is 1. The third-order valence-electron chi connectivity index (χ3n) is 2.81. The van der Waals surface area contributed by atoms with Crippen LogP contribution in [0, 0.1) is 0 Å². The first-order valence-corrected chi connectivity index (χ1v) is 7.72. The van der Waals surface area contributed by atoms with Crippen LogP contribution in [0.4, 0.5) is 0 Å². The highest BCUT2D eigenvalue weighted by Crippen LogP contribution is 2.18. The lowest BCUT2D eigenvalue weighted by Crippen LogP contribution is -2.19. The number of hydrogen-bond donors (Lipinski definition) is 2. The van der Waals surface area contributed by atoms with Crippen LogP contribution in [0.5, 0.6) is 0 Å². The van der Waals surface area contributed by atoms with Gasteiger partial charge in [0.05, 0.1) is 0 Å². The minimum absolute atomic E-state index is 0.714. The Balaban J connectivity index is 1.89. The van der Waals surface area contributed by atoms with Gasteiger partial charge in [-0.3, -0.25) is 0 Å². The lowest BCUT2D eigenvalue weighted by molar-refractivity contribution is 0.785. The van der Waals surface area contributed by atoms with E-state index in [0.29, 0.717) is 11.8 Å². The van der Waals surface area contributed by atoms with E-state index in [2.05, 4.69) is 47.0 Å². The smallest absolute Gasteiger partial charge is 0.111 e. The molecule has 0 bridgehead atoms. The molecule has 2 N–H and O–H groups in total. The van der Waals surface area contributed by atoms with E-state index in [0.717, 1.165) is 23.7 Å². The van der Waals surface area contributed by atoms with Gasteiger partial charge in [0.25, 0.3) is 0 Å². The maximum Gasteiger partial charge on any atom is 0.111 e. The maximum absolute atomic E-state index is 5.14. The Morgan fingerprint density at radius 3 is 3.06 bits per heavy atom. The van der Waals surface area contributed by atoms with Gasteiger partial charge in [0.1, 0.15) is 4.32 Å². The van der Waals surface area contributed by atoms with Crippen molar-refractivity contribution in [2.75, 3.05) is 12.8 Å². The van der Waals surface area contributed by atoms with E-state index in [1.165, 1.54) is 16.5 Å². The molecule has 0 aliphatic rings. The molecular formula is C13H18N2S2. The average Bonchev–Trinajstić information content (AvgIpc) is 2.78. The number of para-hydroxylation sites is 1. The summed E-state index contributed by atoms with van der Waals surface area (Å²) in [4.78, 5) is 3.30. The molecule has 1 heterocycles. The molecule has 1 aromatic heterocycles.